The second-order valence-corrected chi connectivity index (χ2v) is 6.60. The smallest absolute Gasteiger partial charge is 0.242 e. The molecule has 1 saturated heterocycles. The van der Waals surface area contributed by atoms with Gasteiger partial charge in [0.15, 0.2) is 5.43 Å². The van der Waals surface area contributed by atoms with E-state index >= 15 is 0 Å². The van der Waals surface area contributed by atoms with Crippen LogP contribution in [-0.4, -0.2) is 51.5 Å². The van der Waals surface area contributed by atoms with E-state index < -0.39 is 0 Å². The van der Waals surface area contributed by atoms with E-state index in [1.54, 1.807) is 30.7 Å². The van der Waals surface area contributed by atoms with E-state index in [9.17, 15) is 9.59 Å². The van der Waals surface area contributed by atoms with E-state index in [1.807, 2.05) is 27.7 Å². The van der Waals surface area contributed by atoms with Crippen LogP contribution in [0, 0.1) is 0 Å². The Bertz CT molecular complexity index is 1000. The van der Waals surface area contributed by atoms with Crippen LogP contribution in [0.5, 0.6) is 0 Å². The van der Waals surface area contributed by atoms with Gasteiger partial charge >= 0.3 is 0 Å². The fraction of sp³-hybridized carbons (Fsp3) is 0.300. The first-order valence-corrected chi connectivity index (χ1v) is 9.10. The number of carbonyl (C=O) groups is 1. The van der Waals surface area contributed by atoms with Gasteiger partial charge in [-0.15, -0.1) is 0 Å². The minimum atomic E-state index is -0.0254. The van der Waals surface area contributed by atoms with E-state index in [0.29, 0.717) is 31.0 Å². The molecule has 1 fully saturated rings. The highest BCUT2D eigenvalue weighted by Gasteiger charge is 2.20. The third kappa shape index (κ3) is 3.67. The van der Waals surface area contributed by atoms with Gasteiger partial charge < -0.3 is 14.4 Å². The molecule has 138 valence electrons. The lowest BCUT2D eigenvalue weighted by Gasteiger charge is -2.23. The number of pyridine rings is 1. The fourth-order valence-electron chi connectivity index (χ4n) is 3.47. The molecule has 2 aromatic heterocycles. The Hall–Kier alpha value is -3.22. The number of fused-ring (bicyclic) bond motifs is 1. The SMILES string of the molecule is O=C(Cn1ccc(=O)c2ccccc21)N1CCCN(c2ncccn2)CC1. The van der Waals surface area contributed by atoms with E-state index in [0.717, 1.165) is 18.5 Å². The number of carbonyl (C=O) groups excluding carboxylic acids is 1. The molecular weight excluding hydrogens is 342 g/mol. The average molecular weight is 363 g/mol. The van der Waals surface area contributed by atoms with Crippen molar-refractivity contribution in [1.82, 2.24) is 19.4 Å². The summed E-state index contributed by atoms with van der Waals surface area (Å²) in [5, 5.41) is 0.635. The first-order chi connectivity index (χ1) is 13.2. The molecule has 3 aromatic rings. The number of hydrogen-bond acceptors (Lipinski definition) is 5. The van der Waals surface area contributed by atoms with Crippen molar-refractivity contribution in [2.45, 2.75) is 13.0 Å². The van der Waals surface area contributed by atoms with Crippen molar-refractivity contribution >= 4 is 22.8 Å². The number of hydrogen-bond donors (Lipinski definition) is 0. The van der Waals surface area contributed by atoms with E-state index in [-0.39, 0.29) is 17.9 Å². The standard InChI is InChI=1S/C20H21N5O2/c26-18-7-12-25(17-6-2-1-5-16(17)18)15-19(27)23-10-4-11-24(14-13-23)20-21-8-3-9-22-20/h1-3,5-9,12H,4,10-11,13-15H2. The van der Waals surface area contributed by atoms with E-state index in [4.69, 9.17) is 0 Å². The first-order valence-electron chi connectivity index (χ1n) is 9.10. The average Bonchev–Trinajstić information content (AvgIpc) is 2.97. The van der Waals surface area contributed by atoms with Gasteiger partial charge in [-0.25, -0.2) is 9.97 Å². The summed E-state index contributed by atoms with van der Waals surface area (Å²) in [5.41, 5.74) is 0.759. The van der Waals surface area contributed by atoms with Crippen molar-refractivity contribution in [2.75, 3.05) is 31.1 Å². The molecule has 7 nitrogen and oxygen atoms in total. The normalized spacial score (nSPS) is 15.0. The molecule has 0 aliphatic carbocycles. The first kappa shape index (κ1) is 17.2. The molecular formula is C20H21N5O2. The summed E-state index contributed by atoms with van der Waals surface area (Å²) in [7, 11) is 0. The van der Waals surface area contributed by atoms with Crippen LogP contribution in [0.25, 0.3) is 10.9 Å². The van der Waals surface area contributed by atoms with Crippen LogP contribution in [0.2, 0.25) is 0 Å². The number of anilines is 1. The van der Waals surface area contributed by atoms with E-state index in [1.165, 1.54) is 6.07 Å². The van der Waals surface area contributed by atoms with Crippen LogP contribution in [0.3, 0.4) is 0 Å². The molecule has 1 aliphatic heterocycles. The number of para-hydroxylation sites is 1. The Labute approximate surface area is 156 Å². The highest BCUT2D eigenvalue weighted by molar-refractivity contribution is 5.82. The third-order valence-corrected chi connectivity index (χ3v) is 4.87. The highest BCUT2D eigenvalue weighted by Crippen LogP contribution is 2.13. The number of benzene rings is 1. The van der Waals surface area contributed by atoms with E-state index in [2.05, 4.69) is 14.9 Å². The summed E-state index contributed by atoms with van der Waals surface area (Å²) in [4.78, 5) is 37.5. The largest absolute Gasteiger partial charge is 0.339 e. The van der Waals surface area contributed by atoms with Crippen molar-refractivity contribution < 1.29 is 4.79 Å². The molecule has 0 bridgehead atoms. The highest BCUT2D eigenvalue weighted by atomic mass is 16.2. The van der Waals surface area contributed by atoms with Crippen LogP contribution >= 0.6 is 0 Å². The van der Waals surface area contributed by atoms with Crippen LogP contribution in [0.1, 0.15) is 6.42 Å². The van der Waals surface area contributed by atoms with Crippen molar-refractivity contribution in [3.05, 3.63) is 65.2 Å². The van der Waals surface area contributed by atoms with Gasteiger partial charge in [-0.3, -0.25) is 9.59 Å². The van der Waals surface area contributed by atoms with Gasteiger partial charge in [0.25, 0.3) is 0 Å². The van der Waals surface area contributed by atoms with Crippen LogP contribution in [-0.2, 0) is 11.3 Å². The zero-order chi connectivity index (χ0) is 18.6. The van der Waals surface area contributed by atoms with Crippen molar-refractivity contribution in [3.8, 4) is 0 Å². The molecule has 0 unspecified atom stereocenters. The summed E-state index contributed by atoms with van der Waals surface area (Å²) in [6.45, 7) is 3.10. The molecule has 0 N–H and O–H groups in total. The van der Waals surface area contributed by atoms with Gasteiger partial charge in [0.05, 0.1) is 5.52 Å². The van der Waals surface area contributed by atoms with Gasteiger partial charge in [0, 0.05) is 56.2 Å². The number of nitrogens with zero attached hydrogens (tertiary/aromatic N) is 5. The lowest BCUT2D eigenvalue weighted by Crippen LogP contribution is -2.37. The minimum Gasteiger partial charge on any atom is -0.339 e. The van der Waals surface area contributed by atoms with Gasteiger partial charge in [-0.2, -0.15) is 0 Å². The lowest BCUT2D eigenvalue weighted by atomic mass is 10.2. The molecule has 27 heavy (non-hydrogen) atoms. The topological polar surface area (TPSA) is 71.3 Å². The maximum atomic E-state index is 12.9. The molecule has 0 saturated carbocycles. The van der Waals surface area contributed by atoms with Crippen LogP contribution < -0.4 is 10.3 Å². The summed E-state index contributed by atoms with van der Waals surface area (Å²) >= 11 is 0. The van der Waals surface area contributed by atoms with Gasteiger partial charge in [0.2, 0.25) is 11.9 Å². The second-order valence-electron chi connectivity index (χ2n) is 6.60. The predicted molar refractivity (Wildman–Crippen MR) is 104 cm³/mol. The lowest BCUT2D eigenvalue weighted by molar-refractivity contribution is -0.131. The van der Waals surface area contributed by atoms with Crippen LogP contribution in [0.15, 0.2) is 59.8 Å². The summed E-state index contributed by atoms with van der Waals surface area (Å²) < 4.78 is 1.85. The zero-order valence-electron chi connectivity index (χ0n) is 15.0. The van der Waals surface area contributed by atoms with Gasteiger partial charge in [0.1, 0.15) is 6.54 Å². The third-order valence-electron chi connectivity index (χ3n) is 4.87. The van der Waals surface area contributed by atoms with Crippen LogP contribution in [0.4, 0.5) is 5.95 Å². The number of aromatic nitrogens is 3. The molecule has 0 radical (unpaired) electrons. The summed E-state index contributed by atoms with van der Waals surface area (Å²) in [6, 6.07) is 10.7. The quantitative estimate of drug-likeness (QED) is 0.706. The predicted octanol–water partition coefficient (Wildman–Crippen LogP) is 1.53. The number of rotatable bonds is 3. The zero-order valence-corrected chi connectivity index (χ0v) is 15.0. The molecule has 0 spiro atoms. The van der Waals surface area contributed by atoms with Gasteiger partial charge in [-0.1, -0.05) is 12.1 Å². The van der Waals surface area contributed by atoms with Crippen molar-refractivity contribution in [3.63, 3.8) is 0 Å². The molecule has 1 amide bonds. The maximum absolute atomic E-state index is 12.9. The molecule has 4 rings (SSSR count). The molecule has 1 aromatic carbocycles. The molecule has 0 atom stereocenters. The Balaban J connectivity index is 1.48. The van der Waals surface area contributed by atoms with Gasteiger partial charge in [-0.05, 0) is 24.6 Å². The Morgan fingerprint density at radius 3 is 2.63 bits per heavy atom. The van der Waals surface area contributed by atoms with Crippen molar-refractivity contribution in [2.24, 2.45) is 0 Å². The molecule has 7 heteroatoms. The Morgan fingerprint density at radius 1 is 0.963 bits per heavy atom. The van der Waals surface area contributed by atoms with Crippen molar-refractivity contribution in [1.29, 1.82) is 0 Å². The number of amides is 1. The molecule has 1 aliphatic rings. The Kier molecular flexibility index (Phi) is 4.82. The second kappa shape index (κ2) is 7.57. The monoisotopic (exact) mass is 363 g/mol. The molecule has 3 heterocycles. The minimum absolute atomic E-state index is 0.0254. The fourth-order valence-corrected chi connectivity index (χ4v) is 3.47. The summed E-state index contributed by atoms with van der Waals surface area (Å²) in [5.74, 6) is 0.762. The Morgan fingerprint density at radius 2 is 1.78 bits per heavy atom. The summed E-state index contributed by atoms with van der Waals surface area (Å²) in [6.07, 6.45) is 6.04. The maximum Gasteiger partial charge on any atom is 0.242 e.